The Labute approximate surface area is 122 Å². The van der Waals surface area contributed by atoms with Crippen molar-refractivity contribution in [1.82, 2.24) is 10.6 Å². The highest BCUT2D eigenvalue weighted by atomic mass is 16.5. The minimum atomic E-state index is 0.0507. The number of benzene rings is 1. The van der Waals surface area contributed by atoms with Crippen LogP contribution in [0.3, 0.4) is 0 Å². The summed E-state index contributed by atoms with van der Waals surface area (Å²) < 4.78 is 5.84. The molecule has 2 N–H and O–H groups in total. The van der Waals surface area contributed by atoms with Gasteiger partial charge in [0.25, 0.3) is 0 Å². The van der Waals surface area contributed by atoms with E-state index in [1.165, 1.54) is 5.56 Å². The monoisotopic (exact) mass is 277 g/mol. The Balaban J connectivity index is 2.46. The predicted octanol–water partition coefficient (Wildman–Crippen LogP) is 2.73. The lowest BCUT2D eigenvalue weighted by Gasteiger charge is -2.15. The van der Waals surface area contributed by atoms with Gasteiger partial charge in [-0.25, -0.2) is 4.99 Å². The Kier molecular flexibility index (Phi) is 7.55. The molecule has 20 heavy (non-hydrogen) atoms. The molecule has 0 aliphatic heterocycles. The Morgan fingerprint density at radius 2 is 1.90 bits per heavy atom. The fourth-order valence-corrected chi connectivity index (χ4v) is 1.69. The van der Waals surface area contributed by atoms with Crippen molar-refractivity contribution in [3.63, 3.8) is 0 Å². The van der Waals surface area contributed by atoms with Gasteiger partial charge in [-0.3, -0.25) is 0 Å². The van der Waals surface area contributed by atoms with Crippen LogP contribution in [-0.4, -0.2) is 31.7 Å². The fraction of sp³-hybridized carbons (Fsp3) is 0.562. The smallest absolute Gasteiger partial charge is 0.191 e. The summed E-state index contributed by atoms with van der Waals surface area (Å²) in [6.07, 6.45) is 1.13. The number of nitrogens with one attached hydrogen (secondary N) is 2. The maximum atomic E-state index is 5.84. The average Bonchev–Trinajstić information content (AvgIpc) is 2.44. The number of guanidine groups is 1. The Bertz CT molecular complexity index is 401. The molecule has 112 valence electrons. The van der Waals surface area contributed by atoms with Crippen LogP contribution in [0.2, 0.25) is 0 Å². The molecule has 0 amide bonds. The molecule has 0 fully saturated rings. The minimum Gasteiger partial charge on any atom is -0.489 e. The molecule has 0 saturated carbocycles. The lowest BCUT2D eigenvalue weighted by Crippen LogP contribution is -2.38. The predicted molar refractivity (Wildman–Crippen MR) is 85.5 cm³/mol. The zero-order valence-electron chi connectivity index (χ0n) is 13.1. The zero-order valence-corrected chi connectivity index (χ0v) is 13.1. The molecule has 1 aromatic rings. The molecule has 0 saturated heterocycles. The van der Waals surface area contributed by atoms with Crippen LogP contribution < -0.4 is 15.4 Å². The second-order valence-electron chi connectivity index (χ2n) is 4.89. The summed E-state index contributed by atoms with van der Waals surface area (Å²) in [5.74, 6) is 1.75. The summed E-state index contributed by atoms with van der Waals surface area (Å²) >= 11 is 0. The van der Waals surface area contributed by atoms with Crippen molar-refractivity contribution in [2.45, 2.75) is 40.2 Å². The normalized spacial score (nSPS) is 12.9. The van der Waals surface area contributed by atoms with Gasteiger partial charge in [0.05, 0.1) is 6.54 Å². The molecule has 0 aliphatic carbocycles. The van der Waals surface area contributed by atoms with Crippen molar-refractivity contribution in [3.8, 4) is 5.75 Å². The van der Waals surface area contributed by atoms with E-state index in [1.807, 2.05) is 19.1 Å². The molecule has 0 aliphatic rings. The van der Waals surface area contributed by atoms with E-state index < -0.39 is 0 Å². The van der Waals surface area contributed by atoms with Gasteiger partial charge in [-0.05, 0) is 39.3 Å². The van der Waals surface area contributed by atoms with Crippen molar-refractivity contribution < 1.29 is 4.74 Å². The van der Waals surface area contributed by atoms with Gasteiger partial charge in [-0.15, -0.1) is 0 Å². The van der Waals surface area contributed by atoms with Crippen LogP contribution >= 0.6 is 0 Å². The van der Waals surface area contributed by atoms with Crippen molar-refractivity contribution in [2.75, 3.05) is 19.6 Å². The lowest BCUT2D eigenvalue weighted by molar-refractivity contribution is 0.230. The first-order chi connectivity index (χ1) is 9.65. The van der Waals surface area contributed by atoms with Gasteiger partial charge < -0.3 is 15.4 Å². The molecular formula is C16H27N3O. The second-order valence-corrected chi connectivity index (χ2v) is 4.89. The highest BCUT2D eigenvalue weighted by Crippen LogP contribution is 2.13. The van der Waals surface area contributed by atoms with E-state index in [1.54, 1.807) is 0 Å². The van der Waals surface area contributed by atoms with Gasteiger partial charge in [0.1, 0.15) is 11.9 Å². The first kappa shape index (κ1) is 16.3. The van der Waals surface area contributed by atoms with E-state index >= 15 is 0 Å². The summed E-state index contributed by atoms with van der Waals surface area (Å²) in [6.45, 7) is 10.7. The van der Waals surface area contributed by atoms with E-state index in [0.717, 1.165) is 31.2 Å². The van der Waals surface area contributed by atoms with Gasteiger partial charge in [0.2, 0.25) is 0 Å². The number of aryl methyl sites for hydroxylation is 1. The van der Waals surface area contributed by atoms with Crippen LogP contribution in [0.4, 0.5) is 0 Å². The number of rotatable bonds is 7. The quantitative estimate of drug-likeness (QED) is 0.595. The third-order valence-electron chi connectivity index (χ3n) is 2.75. The lowest BCUT2D eigenvalue weighted by atomic mass is 10.2. The molecule has 0 spiro atoms. The molecule has 0 radical (unpaired) electrons. The summed E-state index contributed by atoms with van der Waals surface area (Å²) in [5, 5.41) is 6.51. The second kappa shape index (κ2) is 9.23. The molecule has 0 bridgehead atoms. The molecule has 1 atom stereocenters. The van der Waals surface area contributed by atoms with Gasteiger partial charge in [0.15, 0.2) is 5.96 Å². The largest absolute Gasteiger partial charge is 0.489 e. The number of nitrogens with zero attached hydrogens (tertiary/aromatic N) is 1. The standard InChI is InChI=1S/C16H27N3O/c1-5-11-18-16(17-6-2)19-12-14(4)20-15-9-7-13(3)8-10-15/h7-10,14H,5-6,11-12H2,1-4H3,(H2,17,18,19). The van der Waals surface area contributed by atoms with E-state index in [4.69, 9.17) is 4.74 Å². The molecule has 1 unspecified atom stereocenters. The van der Waals surface area contributed by atoms with Gasteiger partial charge in [-0.1, -0.05) is 24.6 Å². The molecule has 1 rings (SSSR count). The van der Waals surface area contributed by atoms with Crippen LogP contribution in [0.25, 0.3) is 0 Å². The molecule has 1 aromatic carbocycles. The number of hydrogen-bond acceptors (Lipinski definition) is 2. The van der Waals surface area contributed by atoms with Crippen LogP contribution in [0.15, 0.2) is 29.3 Å². The molecular weight excluding hydrogens is 250 g/mol. The highest BCUT2D eigenvalue weighted by Gasteiger charge is 2.04. The Hall–Kier alpha value is -1.71. The minimum absolute atomic E-state index is 0.0507. The molecule has 0 aromatic heterocycles. The molecule has 4 nitrogen and oxygen atoms in total. The van der Waals surface area contributed by atoms with E-state index in [2.05, 4.69) is 48.5 Å². The number of ether oxygens (including phenoxy) is 1. The maximum Gasteiger partial charge on any atom is 0.191 e. The molecule has 4 heteroatoms. The number of hydrogen-bond donors (Lipinski definition) is 2. The number of aliphatic imine (C=N–C) groups is 1. The van der Waals surface area contributed by atoms with Crippen LogP contribution in [-0.2, 0) is 0 Å². The van der Waals surface area contributed by atoms with Crippen LogP contribution in [0, 0.1) is 6.92 Å². The van der Waals surface area contributed by atoms with E-state index in [9.17, 15) is 0 Å². The topological polar surface area (TPSA) is 45.7 Å². The summed E-state index contributed by atoms with van der Waals surface area (Å²) in [7, 11) is 0. The first-order valence-electron chi connectivity index (χ1n) is 7.41. The summed E-state index contributed by atoms with van der Waals surface area (Å²) in [6, 6.07) is 8.10. The van der Waals surface area contributed by atoms with Gasteiger partial charge in [0, 0.05) is 13.1 Å². The van der Waals surface area contributed by atoms with Crippen LogP contribution in [0.5, 0.6) is 5.75 Å². The molecule has 0 heterocycles. The third-order valence-corrected chi connectivity index (χ3v) is 2.75. The Morgan fingerprint density at radius 1 is 1.20 bits per heavy atom. The van der Waals surface area contributed by atoms with Crippen molar-refractivity contribution in [2.24, 2.45) is 4.99 Å². The zero-order chi connectivity index (χ0) is 14.8. The van der Waals surface area contributed by atoms with Crippen molar-refractivity contribution in [1.29, 1.82) is 0 Å². The van der Waals surface area contributed by atoms with E-state index in [0.29, 0.717) is 6.54 Å². The highest BCUT2D eigenvalue weighted by molar-refractivity contribution is 5.79. The van der Waals surface area contributed by atoms with Crippen molar-refractivity contribution in [3.05, 3.63) is 29.8 Å². The van der Waals surface area contributed by atoms with E-state index in [-0.39, 0.29) is 6.10 Å². The van der Waals surface area contributed by atoms with Crippen LogP contribution in [0.1, 0.15) is 32.8 Å². The van der Waals surface area contributed by atoms with Crippen molar-refractivity contribution >= 4 is 5.96 Å². The Morgan fingerprint density at radius 3 is 2.50 bits per heavy atom. The summed E-state index contributed by atoms with van der Waals surface area (Å²) in [4.78, 5) is 4.53. The summed E-state index contributed by atoms with van der Waals surface area (Å²) in [5.41, 5.74) is 1.24. The first-order valence-corrected chi connectivity index (χ1v) is 7.41. The fourth-order valence-electron chi connectivity index (χ4n) is 1.69. The van der Waals surface area contributed by atoms with Gasteiger partial charge in [-0.2, -0.15) is 0 Å². The SMILES string of the molecule is CCCNC(=NCC(C)Oc1ccc(C)cc1)NCC. The maximum absolute atomic E-state index is 5.84. The van der Waals surface area contributed by atoms with Gasteiger partial charge >= 0.3 is 0 Å². The third kappa shape index (κ3) is 6.45. The average molecular weight is 277 g/mol.